The molecule has 0 spiro atoms. The van der Waals surface area contributed by atoms with Crippen LogP contribution in [-0.4, -0.2) is 20.1 Å². The number of carbonyl (C=O) groups excluding carboxylic acids is 1. The minimum atomic E-state index is -0.149. The van der Waals surface area contributed by atoms with Gasteiger partial charge in [0.1, 0.15) is 0 Å². The number of ether oxygens (including phenoxy) is 2. The Morgan fingerprint density at radius 2 is 1.96 bits per heavy atom. The normalized spacial score (nSPS) is 12.1. The molecule has 0 unspecified atom stereocenters. The Kier molecular flexibility index (Phi) is 6.09. The van der Waals surface area contributed by atoms with Crippen LogP contribution in [0.2, 0.25) is 0 Å². The lowest BCUT2D eigenvalue weighted by atomic mass is 10.1. The van der Waals surface area contributed by atoms with Crippen LogP contribution in [0.25, 0.3) is 6.08 Å². The zero-order chi connectivity index (χ0) is 18.4. The largest absolute Gasteiger partial charge is 0.493 e. The molecular formula is C20H19NO3S2. The summed E-state index contributed by atoms with van der Waals surface area (Å²) < 4.78 is 10.5. The molecule has 2 aromatic heterocycles. The van der Waals surface area contributed by atoms with E-state index in [1.54, 1.807) is 43.0 Å². The molecule has 0 aliphatic heterocycles. The van der Waals surface area contributed by atoms with Crippen molar-refractivity contribution in [2.24, 2.45) is 0 Å². The van der Waals surface area contributed by atoms with Gasteiger partial charge in [-0.15, -0.1) is 11.3 Å². The fraction of sp³-hybridized carbons (Fsp3) is 0.150. The fourth-order valence-corrected chi connectivity index (χ4v) is 4.02. The average Bonchev–Trinajstić information content (AvgIpc) is 3.38. The number of methoxy groups -OCH3 is 2. The Hall–Kier alpha value is -2.57. The zero-order valence-electron chi connectivity index (χ0n) is 14.5. The van der Waals surface area contributed by atoms with Gasteiger partial charge in [0.25, 0.3) is 0 Å². The van der Waals surface area contributed by atoms with Gasteiger partial charge in [-0.05, 0) is 57.6 Å². The molecule has 0 saturated carbocycles. The summed E-state index contributed by atoms with van der Waals surface area (Å²) in [4.78, 5) is 13.6. The van der Waals surface area contributed by atoms with E-state index in [9.17, 15) is 4.79 Å². The molecule has 4 nitrogen and oxygen atoms in total. The monoisotopic (exact) mass is 385 g/mol. The predicted molar refractivity (Wildman–Crippen MR) is 107 cm³/mol. The zero-order valence-corrected chi connectivity index (χ0v) is 16.1. The van der Waals surface area contributed by atoms with Gasteiger partial charge < -0.3 is 14.8 Å². The summed E-state index contributed by atoms with van der Waals surface area (Å²) >= 11 is 3.25. The van der Waals surface area contributed by atoms with Crippen LogP contribution in [0.5, 0.6) is 11.5 Å². The van der Waals surface area contributed by atoms with Gasteiger partial charge in [0.2, 0.25) is 5.91 Å². The Morgan fingerprint density at radius 3 is 2.62 bits per heavy atom. The minimum Gasteiger partial charge on any atom is -0.493 e. The van der Waals surface area contributed by atoms with Gasteiger partial charge >= 0.3 is 0 Å². The van der Waals surface area contributed by atoms with Crippen LogP contribution in [-0.2, 0) is 4.79 Å². The summed E-state index contributed by atoms with van der Waals surface area (Å²) in [7, 11) is 3.18. The molecule has 0 aliphatic rings. The van der Waals surface area contributed by atoms with Crippen LogP contribution in [0.3, 0.4) is 0 Å². The first-order valence-corrected chi connectivity index (χ1v) is 9.79. The first kappa shape index (κ1) is 18.2. The minimum absolute atomic E-state index is 0.135. The van der Waals surface area contributed by atoms with Crippen LogP contribution < -0.4 is 14.8 Å². The number of benzene rings is 1. The van der Waals surface area contributed by atoms with Gasteiger partial charge in [0, 0.05) is 11.0 Å². The van der Waals surface area contributed by atoms with Crippen molar-refractivity contribution in [3.63, 3.8) is 0 Å². The second-order valence-corrected chi connectivity index (χ2v) is 7.22. The molecule has 1 aromatic carbocycles. The van der Waals surface area contributed by atoms with Gasteiger partial charge in [0.05, 0.1) is 20.3 Å². The summed E-state index contributed by atoms with van der Waals surface area (Å²) in [5, 5.41) is 9.17. The van der Waals surface area contributed by atoms with Crippen molar-refractivity contribution in [1.82, 2.24) is 5.32 Å². The van der Waals surface area contributed by atoms with Crippen molar-refractivity contribution in [3.05, 3.63) is 74.6 Å². The Morgan fingerprint density at radius 1 is 1.12 bits per heavy atom. The van der Waals surface area contributed by atoms with E-state index < -0.39 is 0 Å². The molecule has 1 amide bonds. The summed E-state index contributed by atoms with van der Waals surface area (Å²) in [5.74, 6) is 1.14. The maximum absolute atomic E-state index is 12.4. The molecule has 0 bridgehead atoms. The second kappa shape index (κ2) is 8.69. The number of amides is 1. The molecular weight excluding hydrogens is 366 g/mol. The molecule has 0 aliphatic carbocycles. The molecule has 0 radical (unpaired) electrons. The van der Waals surface area contributed by atoms with Gasteiger partial charge in [-0.1, -0.05) is 12.1 Å². The van der Waals surface area contributed by atoms with E-state index in [1.165, 1.54) is 6.08 Å². The van der Waals surface area contributed by atoms with Gasteiger partial charge in [-0.3, -0.25) is 4.79 Å². The number of nitrogens with one attached hydrogen (secondary N) is 1. The highest BCUT2D eigenvalue weighted by Gasteiger charge is 2.17. The Labute approximate surface area is 160 Å². The molecule has 0 fully saturated rings. The summed E-state index contributed by atoms with van der Waals surface area (Å²) in [5.41, 5.74) is 1.95. The van der Waals surface area contributed by atoms with Gasteiger partial charge in [-0.2, -0.15) is 11.3 Å². The molecule has 1 atom stereocenters. The third-order valence-corrected chi connectivity index (χ3v) is 5.46. The van der Waals surface area contributed by atoms with Crippen molar-refractivity contribution in [1.29, 1.82) is 0 Å². The molecule has 0 saturated heterocycles. The third kappa shape index (κ3) is 4.33. The predicted octanol–water partition coefficient (Wildman–Crippen LogP) is 4.75. The maximum atomic E-state index is 12.4. The number of hydrogen-bond donors (Lipinski definition) is 1. The summed E-state index contributed by atoms with van der Waals surface area (Å²) in [6.45, 7) is 0. The van der Waals surface area contributed by atoms with Crippen molar-refractivity contribution < 1.29 is 14.3 Å². The molecule has 1 N–H and O–H groups in total. The molecule has 134 valence electrons. The molecule has 3 rings (SSSR count). The quantitative estimate of drug-likeness (QED) is 0.597. The molecule has 2 heterocycles. The standard InChI is InChI=1S/C20H19NO3S2/c1-23-16-7-5-14(12-17(16)24-2)6-8-19(22)21-20(15-9-11-25-13-15)18-4-3-10-26-18/h3-13,20H,1-2H3,(H,21,22)/b8-6+/t20-/m0/s1. The second-order valence-electron chi connectivity index (χ2n) is 5.46. The summed E-state index contributed by atoms with van der Waals surface area (Å²) in [6, 6.07) is 11.4. The lowest BCUT2D eigenvalue weighted by Crippen LogP contribution is -2.26. The van der Waals surface area contributed by atoms with Crippen LogP contribution in [0, 0.1) is 0 Å². The topological polar surface area (TPSA) is 47.6 Å². The first-order valence-electron chi connectivity index (χ1n) is 7.97. The van der Waals surface area contributed by atoms with E-state index in [0.29, 0.717) is 11.5 Å². The Balaban J connectivity index is 1.74. The van der Waals surface area contributed by atoms with Crippen LogP contribution >= 0.6 is 22.7 Å². The van der Waals surface area contributed by atoms with Gasteiger partial charge in [-0.25, -0.2) is 0 Å². The van der Waals surface area contributed by atoms with E-state index in [0.717, 1.165) is 16.0 Å². The first-order chi connectivity index (χ1) is 12.7. The number of thiophene rings is 2. The third-order valence-electron chi connectivity index (χ3n) is 3.83. The molecule has 6 heteroatoms. The smallest absolute Gasteiger partial charge is 0.244 e. The molecule has 3 aromatic rings. The lowest BCUT2D eigenvalue weighted by molar-refractivity contribution is -0.116. The van der Waals surface area contributed by atoms with E-state index in [-0.39, 0.29) is 11.9 Å². The van der Waals surface area contributed by atoms with E-state index in [1.807, 2.05) is 47.2 Å². The number of carbonyl (C=O) groups is 1. The molecule has 26 heavy (non-hydrogen) atoms. The van der Waals surface area contributed by atoms with E-state index >= 15 is 0 Å². The van der Waals surface area contributed by atoms with Crippen molar-refractivity contribution in [2.75, 3.05) is 14.2 Å². The van der Waals surface area contributed by atoms with Crippen molar-refractivity contribution in [2.45, 2.75) is 6.04 Å². The van der Waals surface area contributed by atoms with Crippen LogP contribution in [0.1, 0.15) is 22.0 Å². The SMILES string of the molecule is COc1ccc(/C=C/C(=O)N[C@@H](c2ccsc2)c2cccs2)cc1OC. The van der Waals surface area contributed by atoms with E-state index in [2.05, 4.69) is 10.7 Å². The lowest BCUT2D eigenvalue weighted by Gasteiger charge is -2.15. The maximum Gasteiger partial charge on any atom is 0.244 e. The van der Waals surface area contributed by atoms with Crippen LogP contribution in [0.4, 0.5) is 0 Å². The number of rotatable bonds is 7. The Bertz CT molecular complexity index is 836. The highest BCUT2D eigenvalue weighted by atomic mass is 32.1. The van der Waals surface area contributed by atoms with Crippen molar-refractivity contribution >= 4 is 34.7 Å². The average molecular weight is 386 g/mol. The van der Waals surface area contributed by atoms with Crippen molar-refractivity contribution in [3.8, 4) is 11.5 Å². The number of hydrogen-bond acceptors (Lipinski definition) is 5. The van der Waals surface area contributed by atoms with E-state index in [4.69, 9.17) is 9.47 Å². The fourth-order valence-electron chi connectivity index (χ4n) is 2.53. The highest BCUT2D eigenvalue weighted by molar-refractivity contribution is 7.10. The van der Waals surface area contributed by atoms with Gasteiger partial charge in [0.15, 0.2) is 11.5 Å². The van der Waals surface area contributed by atoms with Crippen LogP contribution in [0.15, 0.2) is 58.6 Å². The summed E-state index contributed by atoms with van der Waals surface area (Å²) in [6.07, 6.45) is 3.30. The highest BCUT2D eigenvalue weighted by Crippen LogP contribution is 2.29.